The number of aryl methyl sites for hydroxylation is 1. The van der Waals surface area contributed by atoms with Crippen LogP contribution in [0.1, 0.15) is 26.5 Å². The number of nitrogens with one attached hydrogen (secondary N) is 2. The number of hydrogen-bond acceptors (Lipinski definition) is 6. The Kier molecular flexibility index (Phi) is 7.35. The SMILES string of the molecule is Cn1nncc1CNC(=O)c1cc(NC(=O)c2cc(-c3ncccc3F)c(Cl)cc2Cl)n(-c2ccccc2)n1. The Morgan fingerprint density at radius 3 is 2.51 bits per heavy atom. The van der Waals surface area contributed by atoms with Gasteiger partial charge in [-0.15, -0.1) is 5.10 Å². The lowest BCUT2D eigenvalue weighted by Crippen LogP contribution is -2.24. The van der Waals surface area contributed by atoms with E-state index in [9.17, 15) is 14.0 Å². The zero-order valence-corrected chi connectivity index (χ0v) is 21.8. The maximum Gasteiger partial charge on any atom is 0.272 e. The summed E-state index contributed by atoms with van der Waals surface area (Å²) in [4.78, 5) is 30.3. The first-order valence-corrected chi connectivity index (χ1v) is 12.3. The molecule has 0 spiro atoms. The summed E-state index contributed by atoms with van der Waals surface area (Å²) in [7, 11) is 1.71. The molecular weight excluding hydrogens is 546 g/mol. The second kappa shape index (κ2) is 11.0. The highest BCUT2D eigenvalue weighted by atomic mass is 35.5. The predicted molar refractivity (Wildman–Crippen MR) is 143 cm³/mol. The van der Waals surface area contributed by atoms with Gasteiger partial charge in [0.15, 0.2) is 5.69 Å². The van der Waals surface area contributed by atoms with Crippen molar-refractivity contribution >= 4 is 40.8 Å². The fourth-order valence-corrected chi connectivity index (χ4v) is 4.31. The lowest BCUT2D eigenvalue weighted by Gasteiger charge is -2.12. The molecule has 196 valence electrons. The van der Waals surface area contributed by atoms with Gasteiger partial charge in [0.1, 0.15) is 17.3 Å². The van der Waals surface area contributed by atoms with Gasteiger partial charge in [-0.3, -0.25) is 19.3 Å². The monoisotopic (exact) mass is 564 g/mol. The van der Waals surface area contributed by atoms with Crippen LogP contribution in [0.3, 0.4) is 0 Å². The second-order valence-corrected chi connectivity index (χ2v) is 9.11. The van der Waals surface area contributed by atoms with Crippen molar-refractivity contribution in [1.82, 2.24) is 35.1 Å². The first kappa shape index (κ1) is 26.0. The molecule has 2 N–H and O–H groups in total. The van der Waals surface area contributed by atoms with Gasteiger partial charge >= 0.3 is 0 Å². The van der Waals surface area contributed by atoms with Crippen molar-refractivity contribution in [2.24, 2.45) is 7.05 Å². The number of hydrogen-bond donors (Lipinski definition) is 2. The first-order valence-electron chi connectivity index (χ1n) is 11.5. The average Bonchev–Trinajstić information content (AvgIpc) is 3.54. The van der Waals surface area contributed by atoms with Crippen LogP contribution in [0.15, 0.2) is 73.1 Å². The van der Waals surface area contributed by atoms with E-state index in [0.717, 1.165) is 0 Å². The van der Waals surface area contributed by atoms with E-state index in [4.69, 9.17) is 23.2 Å². The summed E-state index contributed by atoms with van der Waals surface area (Å²) in [5.41, 5.74) is 1.55. The van der Waals surface area contributed by atoms with Crippen molar-refractivity contribution in [1.29, 1.82) is 0 Å². The first-order chi connectivity index (χ1) is 18.8. The Bertz CT molecular complexity index is 1690. The van der Waals surface area contributed by atoms with Crippen LogP contribution in [0.4, 0.5) is 10.2 Å². The van der Waals surface area contributed by atoms with E-state index in [0.29, 0.717) is 11.4 Å². The smallest absolute Gasteiger partial charge is 0.272 e. The number of halogens is 3. The summed E-state index contributed by atoms with van der Waals surface area (Å²) >= 11 is 12.6. The molecule has 2 amide bonds. The van der Waals surface area contributed by atoms with Crippen molar-refractivity contribution in [3.63, 3.8) is 0 Å². The van der Waals surface area contributed by atoms with Crippen LogP contribution in [-0.4, -0.2) is 41.6 Å². The van der Waals surface area contributed by atoms with E-state index in [1.165, 1.54) is 52.1 Å². The van der Waals surface area contributed by atoms with Gasteiger partial charge in [0.05, 0.1) is 39.7 Å². The van der Waals surface area contributed by atoms with Gasteiger partial charge in [-0.2, -0.15) is 5.10 Å². The quantitative estimate of drug-likeness (QED) is 0.296. The summed E-state index contributed by atoms with van der Waals surface area (Å²) in [6, 6.07) is 15.8. The number of benzene rings is 2. The zero-order valence-electron chi connectivity index (χ0n) is 20.3. The molecule has 0 atom stereocenters. The lowest BCUT2D eigenvalue weighted by atomic mass is 10.1. The van der Waals surface area contributed by atoms with E-state index in [2.05, 4.69) is 31.0 Å². The molecule has 13 heteroatoms. The largest absolute Gasteiger partial charge is 0.345 e. The van der Waals surface area contributed by atoms with Gasteiger partial charge in [-0.05, 0) is 36.4 Å². The van der Waals surface area contributed by atoms with Crippen LogP contribution in [0, 0.1) is 5.82 Å². The van der Waals surface area contributed by atoms with Gasteiger partial charge in [0.2, 0.25) is 0 Å². The number of anilines is 1. The molecule has 3 heterocycles. The molecule has 0 aliphatic rings. The molecular formula is C26H19Cl2FN8O2. The summed E-state index contributed by atoms with van der Waals surface area (Å²) in [6.45, 7) is 0.176. The van der Waals surface area contributed by atoms with Gasteiger partial charge in [-0.25, -0.2) is 9.07 Å². The van der Waals surface area contributed by atoms with E-state index >= 15 is 0 Å². The van der Waals surface area contributed by atoms with Crippen LogP contribution in [-0.2, 0) is 13.6 Å². The number of carbonyl (C=O) groups excluding carboxylic acids is 2. The van der Waals surface area contributed by atoms with Crippen LogP contribution in [0.25, 0.3) is 16.9 Å². The number of amides is 2. The number of aromatic nitrogens is 6. The van der Waals surface area contributed by atoms with Crippen LogP contribution >= 0.6 is 23.2 Å². The highest BCUT2D eigenvalue weighted by Gasteiger charge is 2.21. The minimum absolute atomic E-state index is 0.0230. The maximum absolute atomic E-state index is 14.4. The maximum atomic E-state index is 14.4. The van der Waals surface area contributed by atoms with Crippen LogP contribution in [0.5, 0.6) is 0 Å². The summed E-state index contributed by atoms with van der Waals surface area (Å²) in [6.07, 6.45) is 2.95. The predicted octanol–water partition coefficient (Wildman–Crippen LogP) is 4.69. The fourth-order valence-electron chi connectivity index (χ4n) is 3.75. The van der Waals surface area contributed by atoms with Crippen LogP contribution in [0.2, 0.25) is 10.0 Å². The van der Waals surface area contributed by atoms with Crippen molar-refractivity contribution in [2.75, 3.05) is 5.32 Å². The minimum Gasteiger partial charge on any atom is -0.345 e. The van der Waals surface area contributed by atoms with Crippen molar-refractivity contribution < 1.29 is 14.0 Å². The van der Waals surface area contributed by atoms with E-state index in [1.54, 1.807) is 31.3 Å². The van der Waals surface area contributed by atoms with Gasteiger partial charge in [-0.1, -0.05) is 46.6 Å². The minimum atomic E-state index is -0.626. The molecule has 0 radical (unpaired) electrons. The molecule has 0 fully saturated rings. The molecule has 5 rings (SSSR count). The summed E-state index contributed by atoms with van der Waals surface area (Å²) in [5.74, 6) is -1.50. The Labute approximate surface area is 231 Å². The van der Waals surface area contributed by atoms with Crippen LogP contribution < -0.4 is 10.6 Å². The number of para-hydroxylation sites is 1. The molecule has 0 aliphatic carbocycles. The van der Waals surface area contributed by atoms with Crippen molar-refractivity contribution in [2.45, 2.75) is 6.54 Å². The molecule has 0 saturated carbocycles. The summed E-state index contributed by atoms with van der Waals surface area (Å²) < 4.78 is 17.4. The highest BCUT2D eigenvalue weighted by molar-refractivity contribution is 6.38. The third-order valence-electron chi connectivity index (χ3n) is 5.74. The van der Waals surface area contributed by atoms with Crippen molar-refractivity contribution in [3.8, 4) is 16.9 Å². The molecule has 0 saturated heterocycles. The van der Waals surface area contributed by atoms with Gasteiger partial charge in [0.25, 0.3) is 11.8 Å². The molecule has 5 aromatic rings. The van der Waals surface area contributed by atoms with E-state index < -0.39 is 17.6 Å². The zero-order chi connectivity index (χ0) is 27.5. The second-order valence-electron chi connectivity index (χ2n) is 8.29. The molecule has 0 aliphatic heterocycles. The number of rotatable bonds is 7. The lowest BCUT2D eigenvalue weighted by molar-refractivity contribution is 0.0943. The Morgan fingerprint density at radius 2 is 1.79 bits per heavy atom. The third kappa shape index (κ3) is 5.49. The number of nitrogens with zero attached hydrogens (tertiary/aromatic N) is 6. The average molecular weight is 565 g/mol. The van der Waals surface area contributed by atoms with Gasteiger partial charge < -0.3 is 10.6 Å². The normalized spacial score (nSPS) is 10.9. The molecule has 3 aromatic heterocycles. The molecule has 0 unspecified atom stereocenters. The molecule has 0 bridgehead atoms. The van der Waals surface area contributed by atoms with E-state index in [-0.39, 0.29) is 44.9 Å². The Morgan fingerprint density at radius 1 is 1.00 bits per heavy atom. The molecule has 39 heavy (non-hydrogen) atoms. The Balaban J connectivity index is 1.47. The summed E-state index contributed by atoms with van der Waals surface area (Å²) in [5, 5.41) is 17.7. The standard InChI is InChI=1S/C26H19Cl2FN8O2/c1-36-16(14-32-35-36)13-31-26(39)22-12-23(37(34-22)15-6-3-2-4-7-15)33-25(38)18-10-17(19(27)11-20(18)28)24-21(29)8-5-9-30-24/h2-12,14H,13H2,1H3,(H,31,39)(H,33,38). The van der Waals surface area contributed by atoms with Gasteiger partial charge in [0, 0.05) is 24.9 Å². The highest BCUT2D eigenvalue weighted by Crippen LogP contribution is 2.33. The molecule has 2 aromatic carbocycles. The third-order valence-corrected chi connectivity index (χ3v) is 6.36. The van der Waals surface area contributed by atoms with E-state index in [1.807, 2.05) is 6.07 Å². The Hall–Kier alpha value is -4.61. The molecule has 10 nitrogen and oxygen atoms in total. The van der Waals surface area contributed by atoms with Crippen molar-refractivity contribution in [3.05, 3.63) is 106 Å². The number of carbonyl (C=O) groups is 2. The number of pyridine rings is 1. The fraction of sp³-hybridized carbons (Fsp3) is 0.0769. The topological polar surface area (TPSA) is 120 Å².